The number of rotatable bonds is 6. The van der Waals surface area contributed by atoms with E-state index in [1.54, 1.807) is 7.11 Å². The molecule has 1 aliphatic heterocycles. The van der Waals surface area contributed by atoms with Gasteiger partial charge in [0.1, 0.15) is 5.75 Å². The van der Waals surface area contributed by atoms with Crippen molar-refractivity contribution >= 4 is 11.7 Å². The molecule has 4 rings (SSSR count). The predicted octanol–water partition coefficient (Wildman–Crippen LogP) is 3.41. The Bertz CT molecular complexity index is 947. The van der Waals surface area contributed by atoms with E-state index in [1.165, 1.54) is 0 Å². The van der Waals surface area contributed by atoms with E-state index in [-0.39, 0.29) is 11.8 Å². The van der Waals surface area contributed by atoms with E-state index in [4.69, 9.17) is 4.74 Å². The van der Waals surface area contributed by atoms with Crippen LogP contribution in [-0.4, -0.2) is 35.7 Å². The molecule has 29 heavy (non-hydrogen) atoms. The quantitative estimate of drug-likeness (QED) is 0.701. The molecular formula is C23H26N4O2. The summed E-state index contributed by atoms with van der Waals surface area (Å²) in [5, 5.41) is 3.08. The standard InChI is InChI=1S/C23H26N4O2/c1-29-20-7-4-6-18(16-20)17-25-23(28)19-9-14-27(15-10-19)22-21(8-5-11-24-22)26-12-2-3-13-26/h2-8,11-13,16,19H,9-10,14-15,17H2,1H3,(H,25,28). The van der Waals surface area contributed by atoms with Crippen LogP contribution in [0, 0.1) is 5.92 Å². The summed E-state index contributed by atoms with van der Waals surface area (Å²) in [5.74, 6) is 1.94. The van der Waals surface area contributed by atoms with Crippen molar-refractivity contribution in [2.45, 2.75) is 19.4 Å². The Morgan fingerprint density at radius 3 is 2.69 bits per heavy atom. The lowest BCUT2D eigenvalue weighted by Gasteiger charge is -2.33. The van der Waals surface area contributed by atoms with Gasteiger partial charge in [-0.3, -0.25) is 4.79 Å². The van der Waals surface area contributed by atoms with Gasteiger partial charge >= 0.3 is 0 Å². The van der Waals surface area contributed by atoms with Crippen LogP contribution >= 0.6 is 0 Å². The molecule has 2 aromatic heterocycles. The Kier molecular flexibility index (Phi) is 5.79. The van der Waals surface area contributed by atoms with Gasteiger partial charge in [-0.05, 0) is 54.8 Å². The van der Waals surface area contributed by atoms with Crippen LogP contribution in [0.25, 0.3) is 5.69 Å². The lowest BCUT2D eigenvalue weighted by Crippen LogP contribution is -2.41. The second-order valence-corrected chi connectivity index (χ2v) is 7.27. The van der Waals surface area contributed by atoms with Gasteiger partial charge in [0.15, 0.2) is 5.82 Å². The van der Waals surface area contributed by atoms with Crippen LogP contribution < -0.4 is 15.0 Å². The number of nitrogens with zero attached hydrogens (tertiary/aromatic N) is 3. The SMILES string of the molecule is COc1cccc(CNC(=O)C2CCN(c3ncccc3-n3cccc3)CC2)c1. The highest BCUT2D eigenvalue weighted by Crippen LogP contribution is 2.27. The molecule has 0 spiro atoms. The average Bonchev–Trinajstić information content (AvgIpc) is 3.32. The zero-order valence-corrected chi connectivity index (χ0v) is 16.6. The second kappa shape index (κ2) is 8.82. The van der Waals surface area contributed by atoms with Crippen LogP contribution in [0.5, 0.6) is 5.75 Å². The fraction of sp³-hybridized carbons (Fsp3) is 0.304. The third-order valence-corrected chi connectivity index (χ3v) is 5.41. The molecular weight excluding hydrogens is 364 g/mol. The van der Waals surface area contributed by atoms with Crippen molar-refractivity contribution in [2.75, 3.05) is 25.1 Å². The van der Waals surface area contributed by atoms with E-state index < -0.39 is 0 Å². The largest absolute Gasteiger partial charge is 0.497 e. The molecule has 0 saturated carbocycles. The Morgan fingerprint density at radius 1 is 1.14 bits per heavy atom. The summed E-state index contributed by atoms with van der Waals surface area (Å²) in [6.07, 6.45) is 7.53. The van der Waals surface area contributed by atoms with Crippen molar-refractivity contribution in [3.63, 3.8) is 0 Å². The summed E-state index contributed by atoms with van der Waals surface area (Å²) in [7, 11) is 1.65. The first-order valence-corrected chi connectivity index (χ1v) is 9.98. The first-order chi connectivity index (χ1) is 14.2. The number of hydrogen-bond donors (Lipinski definition) is 1. The highest BCUT2D eigenvalue weighted by atomic mass is 16.5. The minimum atomic E-state index is 0.0376. The average molecular weight is 390 g/mol. The molecule has 1 saturated heterocycles. The maximum atomic E-state index is 12.6. The summed E-state index contributed by atoms with van der Waals surface area (Å²) in [6, 6.07) is 15.8. The lowest BCUT2D eigenvalue weighted by atomic mass is 9.95. The number of pyridine rings is 1. The van der Waals surface area contributed by atoms with Gasteiger partial charge in [0.2, 0.25) is 5.91 Å². The van der Waals surface area contributed by atoms with Gasteiger partial charge in [-0.25, -0.2) is 4.98 Å². The Morgan fingerprint density at radius 2 is 1.93 bits per heavy atom. The highest BCUT2D eigenvalue weighted by molar-refractivity contribution is 5.79. The first-order valence-electron chi connectivity index (χ1n) is 9.98. The van der Waals surface area contributed by atoms with Crippen LogP contribution in [0.4, 0.5) is 5.82 Å². The van der Waals surface area contributed by atoms with E-state index in [0.29, 0.717) is 6.54 Å². The van der Waals surface area contributed by atoms with Crippen LogP contribution in [0.2, 0.25) is 0 Å². The molecule has 150 valence electrons. The van der Waals surface area contributed by atoms with E-state index in [9.17, 15) is 4.79 Å². The number of aromatic nitrogens is 2. The monoisotopic (exact) mass is 390 g/mol. The summed E-state index contributed by atoms with van der Waals surface area (Å²) < 4.78 is 7.32. The van der Waals surface area contributed by atoms with Crippen molar-refractivity contribution in [1.82, 2.24) is 14.9 Å². The van der Waals surface area contributed by atoms with Crippen molar-refractivity contribution in [3.8, 4) is 11.4 Å². The number of nitrogens with one attached hydrogen (secondary N) is 1. The number of anilines is 1. The maximum Gasteiger partial charge on any atom is 0.223 e. The normalized spacial score (nSPS) is 14.6. The molecule has 0 radical (unpaired) electrons. The maximum absolute atomic E-state index is 12.6. The van der Waals surface area contributed by atoms with Crippen molar-refractivity contribution in [2.24, 2.45) is 5.92 Å². The third kappa shape index (κ3) is 4.42. The van der Waals surface area contributed by atoms with Gasteiger partial charge in [-0.2, -0.15) is 0 Å². The number of carbonyl (C=O) groups is 1. The number of piperidine rings is 1. The topological polar surface area (TPSA) is 59.4 Å². The molecule has 0 bridgehead atoms. The minimum absolute atomic E-state index is 0.0376. The molecule has 6 nitrogen and oxygen atoms in total. The number of amides is 1. The second-order valence-electron chi connectivity index (χ2n) is 7.27. The predicted molar refractivity (Wildman–Crippen MR) is 113 cm³/mol. The lowest BCUT2D eigenvalue weighted by molar-refractivity contribution is -0.125. The molecule has 1 aliphatic rings. The highest BCUT2D eigenvalue weighted by Gasteiger charge is 2.26. The van der Waals surface area contributed by atoms with Crippen LogP contribution in [0.1, 0.15) is 18.4 Å². The van der Waals surface area contributed by atoms with Gasteiger partial charge in [0.05, 0.1) is 12.8 Å². The third-order valence-electron chi connectivity index (χ3n) is 5.41. The van der Waals surface area contributed by atoms with Crippen LogP contribution in [0.15, 0.2) is 67.1 Å². The van der Waals surface area contributed by atoms with Crippen molar-refractivity contribution in [3.05, 3.63) is 72.7 Å². The Balaban J connectivity index is 1.34. The molecule has 1 N–H and O–H groups in total. The molecule has 1 aromatic carbocycles. The Labute approximate surface area is 171 Å². The molecule has 6 heteroatoms. The number of methoxy groups -OCH3 is 1. The van der Waals surface area contributed by atoms with Crippen LogP contribution in [-0.2, 0) is 11.3 Å². The molecule has 3 heterocycles. The minimum Gasteiger partial charge on any atom is -0.497 e. The van der Waals surface area contributed by atoms with E-state index in [0.717, 1.165) is 48.7 Å². The molecule has 0 atom stereocenters. The molecule has 1 fully saturated rings. The van der Waals surface area contributed by atoms with Crippen molar-refractivity contribution < 1.29 is 9.53 Å². The number of benzene rings is 1. The number of ether oxygens (including phenoxy) is 1. The molecule has 3 aromatic rings. The van der Waals surface area contributed by atoms with Gasteiger partial charge in [-0.15, -0.1) is 0 Å². The Hall–Kier alpha value is -3.28. The summed E-state index contributed by atoms with van der Waals surface area (Å²) >= 11 is 0. The summed E-state index contributed by atoms with van der Waals surface area (Å²) in [4.78, 5) is 19.5. The summed E-state index contributed by atoms with van der Waals surface area (Å²) in [5.41, 5.74) is 2.11. The van der Waals surface area contributed by atoms with Crippen LogP contribution in [0.3, 0.4) is 0 Å². The van der Waals surface area contributed by atoms with Gasteiger partial charge in [-0.1, -0.05) is 12.1 Å². The number of carbonyl (C=O) groups excluding carboxylic acids is 1. The first kappa shape index (κ1) is 19.1. The zero-order valence-electron chi connectivity index (χ0n) is 16.6. The van der Waals surface area contributed by atoms with Crippen molar-refractivity contribution in [1.29, 1.82) is 0 Å². The number of hydrogen-bond acceptors (Lipinski definition) is 4. The molecule has 0 aliphatic carbocycles. The van der Waals surface area contributed by atoms with E-state index >= 15 is 0 Å². The zero-order chi connectivity index (χ0) is 20.1. The molecule has 1 amide bonds. The fourth-order valence-electron chi connectivity index (χ4n) is 3.80. The van der Waals surface area contributed by atoms with E-state index in [2.05, 4.69) is 25.8 Å². The van der Waals surface area contributed by atoms with E-state index in [1.807, 2.05) is 61.1 Å². The smallest absolute Gasteiger partial charge is 0.223 e. The van der Waals surface area contributed by atoms with Gasteiger partial charge in [0.25, 0.3) is 0 Å². The molecule has 0 unspecified atom stereocenters. The summed E-state index contributed by atoms with van der Waals surface area (Å²) in [6.45, 7) is 2.17. The van der Waals surface area contributed by atoms with Gasteiger partial charge in [0, 0.05) is 44.1 Å². The fourth-order valence-corrected chi connectivity index (χ4v) is 3.80. The van der Waals surface area contributed by atoms with Gasteiger partial charge < -0.3 is 19.5 Å².